The normalized spacial score (nSPS) is 17.7. The Morgan fingerprint density at radius 2 is 2.12 bits per heavy atom. The van der Waals surface area contributed by atoms with Crippen molar-refractivity contribution in [2.24, 2.45) is 0 Å². The zero-order chi connectivity index (χ0) is 12.3. The highest BCUT2D eigenvalue weighted by Gasteiger charge is 2.18. The summed E-state index contributed by atoms with van der Waals surface area (Å²) < 4.78 is 13.1. The molecule has 0 fully saturated rings. The third kappa shape index (κ3) is 2.75. The molecule has 0 aliphatic heterocycles. The van der Waals surface area contributed by atoms with E-state index in [0.29, 0.717) is 0 Å². The van der Waals surface area contributed by atoms with Gasteiger partial charge in [0.05, 0.1) is 6.04 Å². The number of nitrogens with one attached hydrogen (secondary N) is 1. The molecule has 0 radical (unpaired) electrons. The first-order valence-electron chi connectivity index (χ1n) is 6.34. The smallest absolute Gasteiger partial charge is 0.123 e. The van der Waals surface area contributed by atoms with Gasteiger partial charge in [0, 0.05) is 0 Å². The number of hydrogen-bond acceptors (Lipinski definition) is 1. The van der Waals surface area contributed by atoms with Gasteiger partial charge >= 0.3 is 0 Å². The lowest BCUT2D eigenvalue weighted by Gasteiger charge is -2.24. The van der Waals surface area contributed by atoms with Crippen LogP contribution in [0.1, 0.15) is 42.9 Å². The first kappa shape index (κ1) is 12.3. The topological polar surface area (TPSA) is 12.0 Å². The molecule has 0 saturated carbocycles. The maximum atomic E-state index is 13.1. The molecule has 1 aromatic rings. The minimum absolute atomic E-state index is 0.154. The van der Waals surface area contributed by atoms with Crippen LogP contribution in [-0.4, -0.2) is 7.05 Å². The van der Waals surface area contributed by atoms with Crippen LogP contribution in [0.25, 0.3) is 0 Å². The van der Waals surface area contributed by atoms with E-state index in [1.54, 1.807) is 12.1 Å². The number of likely N-dealkylation sites (N-methyl/N-ethyl adjacent to an activating group) is 1. The van der Waals surface area contributed by atoms with Crippen LogP contribution < -0.4 is 5.32 Å². The first-order chi connectivity index (χ1) is 8.22. The molecular formula is C15H20FN. The molecule has 17 heavy (non-hydrogen) atoms. The largest absolute Gasteiger partial charge is 0.310 e. The van der Waals surface area contributed by atoms with E-state index in [1.165, 1.54) is 30.4 Å². The van der Waals surface area contributed by atoms with Gasteiger partial charge in [-0.25, -0.2) is 4.39 Å². The third-order valence-corrected chi connectivity index (χ3v) is 3.53. The summed E-state index contributed by atoms with van der Waals surface area (Å²) in [6, 6.07) is 5.32. The lowest BCUT2D eigenvalue weighted by atomic mass is 9.88. The lowest BCUT2D eigenvalue weighted by Crippen LogP contribution is -2.20. The lowest BCUT2D eigenvalue weighted by molar-refractivity contribution is 0.586. The van der Waals surface area contributed by atoms with E-state index in [9.17, 15) is 4.39 Å². The molecule has 0 aromatic heterocycles. The molecule has 1 nitrogen and oxygen atoms in total. The molecule has 0 saturated heterocycles. The van der Waals surface area contributed by atoms with E-state index >= 15 is 0 Å². The van der Waals surface area contributed by atoms with Gasteiger partial charge < -0.3 is 5.32 Å². The number of allylic oxidation sites excluding steroid dienone is 1. The summed E-state index contributed by atoms with van der Waals surface area (Å²) in [6.45, 7) is 1.98. The van der Waals surface area contributed by atoms with Crippen molar-refractivity contribution in [1.82, 2.24) is 5.32 Å². The molecule has 0 heterocycles. The summed E-state index contributed by atoms with van der Waals surface area (Å²) in [6.07, 6.45) is 7.23. The highest BCUT2D eigenvalue weighted by Crippen LogP contribution is 2.31. The Labute approximate surface area is 103 Å². The van der Waals surface area contributed by atoms with Gasteiger partial charge in [0.25, 0.3) is 0 Å². The third-order valence-electron chi connectivity index (χ3n) is 3.53. The molecule has 2 rings (SSSR count). The van der Waals surface area contributed by atoms with Crippen molar-refractivity contribution in [3.8, 4) is 0 Å². The minimum atomic E-state index is -0.154. The van der Waals surface area contributed by atoms with Gasteiger partial charge in [-0.2, -0.15) is 0 Å². The summed E-state index contributed by atoms with van der Waals surface area (Å²) in [5.41, 5.74) is 3.67. The predicted octanol–water partition coefficient (Wildman–Crippen LogP) is 3.90. The van der Waals surface area contributed by atoms with E-state index in [0.717, 1.165) is 12.0 Å². The van der Waals surface area contributed by atoms with Crippen molar-refractivity contribution < 1.29 is 4.39 Å². The average Bonchev–Trinajstić information content (AvgIpc) is 2.34. The second kappa shape index (κ2) is 5.46. The molecule has 92 valence electrons. The number of hydrogen-bond donors (Lipinski definition) is 1. The molecule has 2 heteroatoms. The number of halogens is 1. The van der Waals surface area contributed by atoms with Crippen LogP contribution in [0.3, 0.4) is 0 Å². The Bertz CT molecular complexity index is 423. The van der Waals surface area contributed by atoms with Crippen LogP contribution in [-0.2, 0) is 0 Å². The van der Waals surface area contributed by atoms with Gasteiger partial charge in [0.15, 0.2) is 0 Å². The molecule has 0 amide bonds. The fourth-order valence-electron chi connectivity index (χ4n) is 2.63. The van der Waals surface area contributed by atoms with Crippen molar-refractivity contribution in [3.63, 3.8) is 0 Å². The van der Waals surface area contributed by atoms with Gasteiger partial charge in [-0.15, -0.1) is 0 Å². The zero-order valence-corrected chi connectivity index (χ0v) is 10.6. The fourth-order valence-corrected chi connectivity index (χ4v) is 2.63. The second-order valence-corrected chi connectivity index (χ2v) is 4.75. The van der Waals surface area contributed by atoms with Crippen LogP contribution >= 0.6 is 0 Å². The summed E-state index contributed by atoms with van der Waals surface area (Å²) >= 11 is 0. The first-order valence-corrected chi connectivity index (χ1v) is 6.34. The number of rotatable bonds is 3. The van der Waals surface area contributed by atoms with Crippen LogP contribution in [0.2, 0.25) is 0 Å². The van der Waals surface area contributed by atoms with Crippen molar-refractivity contribution >= 4 is 0 Å². The molecule has 0 bridgehead atoms. The predicted molar refractivity (Wildman–Crippen MR) is 69.5 cm³/mol. The van der Waals surface area contributed by atoms with E-state index in [4.69, 9.17) is 0 Å². The average molecular weight is 233 g/mol. The van der Waals surface area contributed by atoms with Crippen LogP contribution in [0.4, 0.5) is 4.39 Å². The van der Waals surface area contributed by atoms with Gasteiger partial charge in [-0.3, -0.25) is 0 Å². The highest BCUT2D eigenvalue weighted by atomic mass is 19.1. The summed E-state index contributed by atoms with van der Waals surface area (Å²) in [7, 11) is 1.98. The van der Waals surface area contributed by atoms with Gasteiger partial charge in [0.2, 0.25) is 0 Å². The summed E-state index contributed by atoms with van der Waals surface area (Å²) in [4.78, 5) is 0. The molecule has 0 spiro atoms. The number of benzene rings is 1. The van der Waals surface area contributed by atoms with Gasteiger partial charge in [-0.05, 0) is 62.9 Å². The Balaban J connectivity index is 2.31. The van der Waals surface area contributed by atoms with Gasteiger partial charge in [-0.1, -0.05) is 17.7 Å². The molecule has 1 unspecified atom stereocenters. The molecule has 1 atom stereocenters. The number of aryl methyl sites for hydroxylation is 1. The Morgan fingerprint density at radius 3 is 2.71 bits per heavy atom. The standard InChI is InChI=1S/C15H20FN/c1-11-10-13(16)8-9-14(11)15(17-2)12-6-4-3-5-7-12/h6,8-10,15,17H,3-5,7H2,1-2H3. The summed E-state index contributed by atoms with van der Waals surface area (Å²) in [5, 5.41) is 3.36. The van der Waals surface area contributed by atoms with Gasteiger partial charge in [0.1, 0.15) is 5.82 Å². The SMILES string of the molecule is CNC(C1=CCCCC1)c1ccc(F)cc1C. The van der Waals surface area contributed by atoms with Crippen LogP contribution in [0, 0.1) is 12.7 Å². The van der Waals surface area contributed by atoms with Crippen LogP contribution in [0.15, 0.2) is 29.8 Å². The minimum Gasteiger partial charge on any atom is -0.310 e. The molecule has 1 aliphatic carbocycles. The molecule has 1 aromatic carbocycles. The quantitative estimate of drug-likeness (QED) is 0.781. The highest BCUT2D eigenvalue weighted by molar-refractivity contribution is 5.35. The van der Waals surface area contributed by atoms with Crippen molar-refractivity contribution in [2.75, 3.05) is 7.05 Å². The second-order valence-electron chi connectivity index (χ2n) is 4.75. The Kier molecular flexibility index (Phi) is 3.95. The van der Waals surface area contributed by atoms with E-state index < -0.39 is 0 Å². The van der Waals surface area contributed by atoms with Crippen molar-refractivity contribution in [3.05, 3.63) is 46.8 Å². The van der Waals surface area contributed by atoms with E-state index in [1.807, 2.05) is 20.0 Å². The molecular weight excluding hydrogens is 213 g/mol. The van der Waals surface area contributed by atoms with Crippen LogP contribution in [0.5, 0.6) is 0 Å². The van der Waals surface area contributed by atoms with Crippen molar-refractivity contribution in [1.29, 1.82) is 0 Å². The summed E-state index contributed by atoms with van der Waals surface area (Å²) in [5.74, 6) is -0.154. The Hall–Kier alpha value is -1.15. The van der Waals surface area contributed by atoms with Crippen molar-refractivity contribution in [2.45, 2.75) is 38.6 Å². The Morgan fingerprint density at radius 1 is 1.29 bits per heavy atom. The maximum Gasteiger partial charge on any atom is 0.123 e. The molecule has 1 N–H and O–H groups in total. The fraction of sp³-hybridized carbons (Fsp3) is 0.467. The zero-order valence-electron chi connectivity index (χ0n) is 10.6. The van der Waals surface area contributed by atoms with E-state index in [-0.39, 0.29) is 11.9 Å². The monoisotopic (exact) mass is 233 g/mol. The maximum absolute atomic E-state index is 13.1. The molecule has 1 aliphatic rings. The van der Waals surface area contributed by atoms with E-state index in [2.05, 4.69) is 11.4 Å².